The average molecular weight is 341 g/mol. The molecular formula is C19H17ClN2O2. The van der Waals surface area contributed by atoms with E-state index in [9.17, 15) is 9.59 Å². The Morgan fingerprint density at radius 1 is 1.04 bits per heavy atom. The minimum absolute atomic E-state index is 0.0181. The Labute approximate surface area is 144 Å². The predicted molar refractivity (Wildman–Crippen MR) is 96.4 cm³/mol. The molecule has 2 aromatic carbocycles. The molecule has 1 amide bonds. The third-order valence-corrected chi connectivity index (χ3v) is 4.10. The number of fused-ring (bicyclic) bond motifs is 1. The van der Waals surface area contributed by atoms with Gasteiger partial charge in [-0.15, -0.1) is 0 Å². The Morgan fingerprint density at radius 3 is 2.58 bits per heavy atom. The molecule has 0 radical (unpaired) electrons. The van der Waals surface area contributed by atoms with Gasteiger partial charge in [-0.05, 0) is 41.6 Å². The third-order valence-electron chi connectivity index (χ3n) is 3.85. The summed E-state index contributed by atoms with van der Waals surface area (Å²) in [5.74, 6) is -0.179. The quantitative estimate of drug-likeness (QED) is 0.776. The van der Waals surface area contributed by atoms with Crippen molar-refractivity contribution in [2.75, 3.05) is 6.54 Å². The maximum atomic E-state index is 12.4. The second kappa shape index (κ2) is 7.32. The predicted octanol–water partition coefficient (Wildman–Crippen LogP) is 3.01. The number of pyridine rings is 1. The monoisotopic (exact) mass is 340 g/mol. The van der Waals surface area contributed by atoms with Crippen LogP contribution >= 0.6 is 11.6 Å². The van der Waals surface area contributed by atoms with E-state index in [-0.39, 0.29) is 18.0 Å². The van der Waals surface area contributed by atoms with E-state index >= 15 is 0 Å². The molecule has 4 nitrogen and oxygen atoms in total. The minimum Gasteiger partial charge on any atom is -0.354 e. The minimum atomic E-state index is -0.179. The van der Waals surface area contributed by atoms with E-state index in [4.69, 9.17) is 11.6 Å². The SMILES string of the molecule is O=C(Cn1ccc2ccccc2c1=O)NCCc1ccc(Cl)cc1. The van der Waals surface area contributed by atoms with Gasteiger partial charge in [0, 0.05) is 23.2 Å². The first-order valence-corrected chi connectivity index (χ1v) is 8.10. The van der Waals surface area contributed by atoms with Crippen molar-refractivity contribution in [3.63, 3.8) is 0 Å². The first kappa shape index (κ1) is 16.3. The lowest BCUT2D eigenvalue weighted by atomic mass is 10.1. The number of rotatable bonds is 5. The number of aromatic nitrogens is 1. The molecule has 1 heterocycles. The molecule has 3 aromatic rings. The van der Waals surface area contributed by atoms with Crippen LogP contribution < -0.4 is 10.9 Å². The third kappa shape index (κ3) is 3.84. The highest BCUT2D eigenvalue weighted by Gasteiger charge is 2.06. The van der Waals surface area contributed by atoms with Crippen LogP contribution in [0.3, 0.4) is 0 Å². The van der Waals surface area contributed by atoms with E-state index in [1.54, 1.807) is 12.3 Å². The van der Waals surface area contributed by atoms with Crippen LogP contribution in [-0.4, -0.2) is 17.0 Å². The molecule has 122 valence electrons. The molecule has 0 spiro atoms. The molecule has 24 heavy (non-hydrogen) atoms. The summed E-state index contributed by atoms with van der Waals surface area (Å²) in [5, 5.41) is 5.03. The van der Waals surface area contributed by atoms with Crippen molar-refractivity contribution >= 4 is 28.3 Å². The normalized spacial score (nSPS) is 10.7. The van der Waals surface area contributed by atoms with Crippen molar-refractivity contribution in [2.45, 2.75) is 13.0 Å². The Kier molecular flexibility index (Phi) is 4.96. The molecule has 0 saturated carbocycles. The lowest BCUT2D eigenvalue weighted by molar-refractivity contribution is -0.121. The molecule has 5 heteroatoms. The number of carbonyl (C=O) groups excluding carboxylic acids is 1. The number of benzene rings is 2. The topological polar surface area (TPSA) is 51.1 Å². The molecular weight excluding hydrogens is 324 g/mol. The summed E-state index contributed by atoms with van der Waals surface area (Å²) in [7, 11) is 0. The van der Waals surface area contributed by atoms with Crippen LogP contribution in [0.5, 0.6) is 0 Å². The fraction of sp³-hybridized carbons (Fsp3) is 0.158. The highest BCUT2D eigenvalue weighted by Crippen LogP contribution is 2.10. The first-order chi connectivity index (χ1) is 11.6. The Balaban J connectivity index is 1.60. The summed E-state index contributed by atoms with van der Waals surface area (Å²) < 4.78 is 1.43. The summed E-state index contributed by atoms with van der Waals surface area (Å²) in [6, 6.07) is 16.7. The van der Waals surface area contributed by atoms with E-state index in [1.807, 2.05) is 48.5 Å². The smallest absolute Gasteiger partial charge is 0.258 e. The number of nitrogens with zero attached hydrogens (tertiary/aromatic N) is 1. The Morgan fingerprint density at radius 2 is 1.79 bits per heavy atom. The molecule has 1 aromatic heterocycles. The lowest BCUT2D eigenvalue weighted by Crippen LogP contribution is -2.33. The highest BCUT2D eigenvalue weighted by atomic mass is 35.5. The van der Waals surface area contributed by atoms with Crippen LogP contribution in [0.15, 0.2) is 65.6 Å². The molecule has 3 rings (SSSR count). The molecule has 0 fully saturated rings. The summed E-state index contributed by atoms with van der Waals surface area (Å²) in [6.07, 6.45) is 2.37. The van der Waals surface area contributed by atoms with Gasteiger partial charge in [-0.3, -0.25) is 9.59 Å². The number of amides is 1. The zero-order chi connectivity index (χ0) is 16.9. The molecule has 0 bridgehead atoms. The Hall–Kier alpha value is -2.59. The average Bonchev–Trinajstić information content (AvgIpc) is 2.59. The van der Waals surface area contributed by atoms with E-state index in [2.05, 4.69) is 5.32 Å². The van der Waals surface area contributed by atoms with E-state index in [1.165, 1.54) is 4.57 Å². The number of hydrogen-bond acceptors (Lipinski definition) is 2. The highest BCUT2D eigenvalue weighted by molar-refractivity contribution is 6.30. The molecule has 0 atom stereocenters. The first-order valence-electron chi connectivity index (χ1n) is 7.73. The summed E-state index contributed by atoms with van der Waals surface area (Å²) in [5.41, 5.74) is 0.948. The fourth-order valence-corrected chi connectivity index (χ4v) is 2.69. The van der Waals surface area contributed by atoms with Crippen molar-refractivity contribution in [3.05, 3.63) is 81.7 Å². The van der Waals surface area contributed by atoms with Crippen LogP contribution in [0.4, 0.5) is 0 Å². The van der Waals surface area contributed by atoms with E-state index < -0.39 is 0 Å². The molecule has 0 aliphatic heterocycles. The van der Waals surface area contributed by atoms with E-state index in [0.29, 0.717) is 17.0 Å². The second-order valence-electron chi connectivity index (χ2n) is 5.56. The van der Waals surface area contributed by atoms with Gasteiger partial charge in [-0.2, -0.15) is 0 Å². The van der Waals surface area contributed by atoms with Crippen molar-refractivity contribution in [1.82, 2.24) is 9.88 Å². The zero-order valence-electron chi connectivity index (χ0n) is 13.0. The van der Waals surface area contributed by atoms with Gasteiger partial charge in [0.25, 0.3) is 5.56 Å². The number of halogens is 1. The van der Waals surface area contributed by atoms with Gasteiger partial charge in [0.15, 0.2) is 0 Å². The molecule has 0 aliphatic carbocycles. The fourth-order valence-electron chi connectivity index (χ4n) is 2.56. The standard InChI is InChI=1S/C19H17ClN2O2/c20-16-7-5-14(6-8-16)9-11-21-18(23)13-22-12-10-15-3-1-2-4-17(15)19(22)24/h1-8,10,12H,9,11,13H2,(H,21,23). The Bertz CT molecular complexity index is 917. The van der Waals surface area contributed by atoms with Gasteiger partial charge in [-0.25, -0.2) is 0 Å². The number of carbonyl (C=O) groups is 1. The van der Waals surface area contributed by atoms with Crippen LogP contribution in [0.25, 0.3) is 10.8 Å². The summed E-state index contributed by atoms with van der Waals surface area (Å²) in [4.78, 5) is 24.4. The zero-order valence-corrected chi connectivity index (χ0v) is 13.8. The van der Waals surface area contributed by atoms with Crippen molar-refractivity contribution in [3.8, 4) is 0 Å². The van der Waals surface area contributed by atoms with Gasteiger partial charge in [0.05, 0.1) is 0 Å². The van der Waals surface area contributed by atoms with Gasteiger partial charge < -0.3 is 9.88 Å². The number of nitrogens with one attached hydrogen (secondary N) is 1. The van der Waals surface area contributed by atoms with Crippen LogP contribution in [0.2, 0.25) is 5.02 Å². The maximum Gasteiger partial charge on any atom is 0.258 e. The van der Waals surface area contributed by atoms with Crippen molar-refractivity contribution in [1.29, 1.82) is 0 Å². The van der Waals surface area contributed by atoms with Crippen LogP contribution in [0, 0.1) is 0 Å². The molecule has 0 aliphatic rings. The van der Waals surface area contributed by atoms with Gasteiger partial charge in [-0.1, -0.05) is 41.9 Å². The van der Waals surface area contributed by atoms with E-state index in [0.717, 1.165) is 17.4 Å². The van der Waals surface area contributed by atoms with Gasteiger partial charge in [0.1, 0.15) is 6.54 Å². The van der Waals surface area contributed by atoms with Crippen LogP contribution in [0.1, 0.15) is 5.56 Å². The second-order valence-corrected chi connectivity index (χ2v) is 6.00. The van der Waals surface area contributed by atoms with Crippen molar-refractivity contribution < 1.29 is 4.79 Å². The molecule has 0 saturated heterocycles. The van der Waals surface area contributed by atoms with Crippen LogP contribution in [-0.2, 0) is 17.8 Å². The number of hydrogen-bond donors (Lipinski definition) is 1. The summed E-state index contributed by atoms with van der Waals surface area (Å²) in [6.45, 7) is 0.535. The molecule has 0 unspecified atom stereocenters. The van der Waals surface area contributed by atoms with Crippen molar-refractivity contribution in [2.24, 2.45) is 0 Å². The maximum absolute atomic E-state index is 12.4. The van der Waals surface area contributed by atoms with Gasteiger partial charge >= 0.3 is 0 Å². The summed E-state index contributed by atoms with van der Waals surface area (Å²) >= 11 is 5.84. The van der Waals surface area contributed by atoms with Gasteiger partial charge in [0.2, 0.25) is 5.91 Å². The lowest BCUT2D eigenvalue weighted by Gasteiger charge is -2.08. The molecule has 1 N–H and O–H groups in total. The largest absolute Gasteiger partial charge is 0.354 e.